The molecule has 4 N–H and O–H groups in total. The maximum Gasteiger partial charge on any atom is 0.326 e. The molecular formula is C13H17NO6. The standard InChI is InChI=1S/C13H17NO6/c1-20-4-2-3-11(13(18)19)14-12(17)8-5-9(15)7-10(16)6-8/h5-7,11,15-16H,2-4H2,1H3,(H,14,17)(H,18,19). The number of carboxylic acid groups (broad SMARTS) is 1. The van der Waals surface area contributed by atoms with Gasteiger partial charge in [0.2, 0.25) is 0 Å². The minimum atomic E-state index is -1.15. The van der Waals surface area contributed by atoms with E-state index < -0.39 is 17.9 Å². The number of ether oxygens (including phenoxy) is 1. The van der Waals surface area contributed by atoms with Crippen LogP contribution in [0.15, 0.2) is 18.2 Å². The van der Waals surface area contributed by atoms with Gasteiger partial charge in [-0.25, -0.2) is 4.79 Å². The average Bonchev–Trinajstić information content (AvgIpc) is 2.36. The van der Waals surface area contributed by atoms with Crippen molar-refractivity contribution in [2.75, 3.05) is 13.7 Å². The first-order chi connectivity index (χ1) is 9.43. The second kappa shape index (κ2) is 7.34. The highest BCUT2D eigenvalue weighted by atomic mass is 16.5. The maximum absolute atomic E-state index is 11.9. The molecule has 0 radical (unpaired) electrons. The largest absolute Gasteiger partial charge is 0.508 e. The molecule has 1 atom stereocenters. The van der Waals surface area contributed by atoms with Crippen LogP contribution in [0.5, 0.6) is 11.5 Å². The lowest BCUT2D eigenvalue weighted by molar-refractivity contribution is -0.139. The van der Waals surface area contributed by atoms with Crippen molar-refractivity contribution in [2.45, 2.75) is 18.9 Å². The topological polar surface area (TPSA) is 116 Å². The quantitative estimate of drug-likeness (QED) is 0.548. The Balaban J connectivity index is 2.72. The van der Waals surface area contributed by atoms with E-state index in [1.54, 1.807) is 0 Å². The molecule has 20 heavy (non-hydrogen) atoms. The third kappa shape index (κ3) is 4.77. The number of nitrogens with one attached hydrogen (secondary N) is 1. The summed E-state index contributed by atoms with van der Waals surface area (Å²) < 4.78 is 4.82. The number of benzene rings is 1. The van der Waals surface area contributed by atoms with Gasteiger partial charge in [0.15, 0.2) is 0 Å². The van der Waals surface area contributed by atoms with Crippen LogP contribution < -0.4 is 5.32 Å². The molecule has 0 aliphatic rings. The van der Waals surface area contributed by atoms with E-state index in [0.717, 1.165) is 18.2 Å². The highest BCUT2D eigenvalue weighted by molar-refractivity contribution is 5.97. The van der Waals surface area contributed by atoms with E-state index in [9.17, 15) is 19.8 Å². The molecule has 0 bridgehead atoms. The van der Waals surface area contributed by atoms with E-state index in [1.807, 2.05) is 0 Å². The van der Waals surface area contributed by atoms with Gasteiger partial charge in [0.1, 0.15) is 17.5 Å². The molecule has 0 heterocycles. The number of methoxy groups -OCH3 is 1. The molecule has 0 fully saturated rings. The predicted molar refractivity (Wildman–Crippen MR) is 69.8 cm³/mol. The molecular weight excluding hydrogens is 266 g/mol. The summed E-state index contributed by atoms with van der Waals surface area (Å²) in [4.78, 5) is 22.9. The molecule has 0 aliphatic heterocycles. The zero-order valence-electron chi connectivity index (χ0n) is 11.0. The summed E-state index contributed by atoms with van der Waals surface area (Å²) in [5, 5.41) is 29.9. The Bertz CT molecular complexity index is 467. The molecule has 1 rings (SSSR count). The van der Waals surface area contributed by atoms with Crippen LogP contribution >= 0.6 is 0 Å². The van der Waals surface area contributed by atoms with Crippen LogP contribution in [0.3, 0.4) is 0 Å². The monoisotopic (exact) mass is 283 g/mol. The Morgan fingerprint density at radius 1 is 1.25 bits per heavy atom. The van der Waals surface area contributed by atoms with Gasteiger partial charge >= 0.3 is 5.97 Å². The first-order valence-corrected chi connectivity index (χ1v) is 5.99. The van der Waals surface area contributed by atoms with Crippen molar-refractivity contribution in [3.8, 4) is 11.5 Å². The van der Waals surface area contributed by atoms with Gasteiger partial charge in [-0.1, -0.05) is 0 Å². The summed E-state index contributed by atoms with van der Waals surface area (Å²) in [6, 6.07) is 2.30. The first kappa shape index (κ1) is 15.8. The Morgan fingerprint density at radius 2 is 1.85 bits per heavy atom. The molecule has 0 spiro atoms. The minimum Gasteiger partial charge on any atom is -0.508 e. The Labute approximate surface area is 115 Å². The lowest BCUT2D eigenvalue weighted by atomic mass is 10.1. The van der Waals surface area contributed by atoms with Crippen molar-refractivity contribution >= 4 is 11.9 Å². The van der Waals surface area contributed by atoms with Crippen LogP contribution in [0.2, 0.25) is 0 Å². The van der Waals surface area contributed by atoms with Gasteiger partial charge in [0, 0.05) is 25.3 Å². The minimum absolute atomic E-state index is 0.0134. The number of rotatable bonds is 7. The van der Waals surface area contributed by atoms with Crippen molar-refractivity contribution in [1.29, 1.82) is 0 Å². The van der Waals surface area contributed by atoms with Crippen LogP contribution in [0.1, 0.15) is 23.2 Å². The van der Waals surface area contributed by atoms with Gasteiger partial charge in [0.05, 0.1) is 0 Å². The van der Waals surface area contributed by atoms with Gasteiger partial charge in [-0.15, -0.1) is 0 Å². The van der Waals surface area contributed by atoms with Crippen LogP contribution in [0.4, 0.5) is 0 Å². The highest BCUT2D eigenvalue weighted by Crippen LogP contribution is 2.20. The van der Waals surface area contributed by atoms with E-state index >= 15 is 0 Å². The smallest absolute Gasteiger partial charge is 0.326 e. The lowest BCUT2D eigenvalue weighted by Gasteiger charge is -2.14. The SMILES string of the molecule is COCCCC(NC(=O)c1cc(O)cc(O)c1)C(=O)O. The number of carbonyl (C=O) groups excluding carboxylic acids is 1. The molecule has 1 unspecified atom stereocenters. The predicted octanol–water partition coefficient (Wildman–Crippen LogP) is 0.707. The third-order valence-corrected chi connectivity index (χ3v) is 2.61. The number of carbonyl (C=O) groups is 2. The van der Waals surface area contributed by atoms with Crippen molar-refractivity contribution in [2.24, 2.45) is 0 Å². The number of hydrogen-bond donors (Lipinski definition) is 4. The van der Waals surface area contributed by atoms with Gasteiger partial charge in [0.25, 0.3) is 5.91 Å². The normalized spacial score (nSPS) is 11.8. The van der Waals surface area contributed by atoms with E-state index in [1.165, 1.54) is 7.11 Å². The molecule has 1 aromatic carbocycles. The van der Waals surface area contributed by atoms with Gasteiger partial charge in [-0.05, 0) is 25.0 Å². The second-order valence-corrected chi connectivity index (χ2v) is 4.24. The summed E-state index contributed by atoms with van der Waals surface area (Å²) >= 11 is 0. The van der Waals surface area contributed by atoms with Crippen molar-refractivity contribution in [1.82, 2.24) is 5.32 Å². The van der Waals surface area contributed by atoms with Gasteiger partial charge in [-0.2, -0.15) is 0 Å². The van der Waals surface area contributed by atoms with Gasteiger partial charge < -0.3 is 25.4 Å². The first-order valence-electron chi connectivity index (χ1n) is 5.99. The summed E-state index contributed by atoms with van der Waals surface area (Å²) in [5.41, 5.74) is -0.0134. The number of amides is 1. The molecule has 0 aliphatic carbocycles. The van der Waals surface area contributed by atoms with Crippen LogP contribution in [-0.2, 0) is 9.53 Å². The van der Waals surface area contributed by atoms with Crippen molar-refractivity contribution in [3.63, 3.8) is 0 Å². The lowest BCUT2D eigenvalue weighted by Crippen LogP contribution is -2.40. The summed E-state index contributed by atoms with van der Waals surface area (Å²) in [7, 11) is 1.50. The Morgan fingerprint density at radius 3 is 2.35 bits per heavy atom. The van der Waals surface area contributed by atoms with Gasteiger partial charge in [-0.3, -0.25) is 4.79 Å². The second-order valence-electron chi connectivity index (χ2n) is 4.24. The van der Waals surface area contributed by atoms with E-state index in [0.29, 0.717) is 13.0 Å². The molecule has 1 amide bonds. The molecule has 110 valence electrons. The maximum atomic E-state index is 11.9. The van der Waals surface area contributed by atoms with Crippen LogP contribution in [-0.4, -0.2) is 47.0 Å². The summed E-state index contributed by atoms with van der Waals surface area (Å²) in [6.45, 7) is 0.395. The fraction of sp³-hybridized carbons (Fsp3) is 0.385. The van der Waals surface area contributed by atoms with Crippen molar-refractivity contribution in [3.05, 3.63) is 23.8 Å². The summed E-state index contributed by atoms with van der Waals surface area (Å²) in [5.74, 6) is -2.39. The Hall–Kier alpha value is -2.28. The molecule has 0 aromatic heterocycles. The molecule has 0 saturated carbocycles. The zero-order chi connectivity index (χ0) is 15.1. The molecule has 7 heteroatoms. The number of phenolic OH excluding ortho intramolecular Hbond substituents is 2. The highest BCUT2D eigenvalue weighted by Gasteiger charge is 2.20. The van der Waals surface area contributed by atoms with E-state index in [2.05, 4.69) is 5.32 Å². The van der Waals surface area contributed by atoms with E-state index in [4.69, 9.17) is 9.84 Å². The Kier molecular flexibility index (Phi) is 5.79. The molecule has 7 nitrogen and oxygen atoms in total. The number of carboxylic acids is 1. The number of hydrogen-bond acceptors (Lipinski definition) is 5. The van der Waals surface area contributed by atoms with E-state index in [-0.39, 0.29) is 23.5 Å². The number of aliphatic carboxylic acids is 1. The van der Waals surface area contributed by atoms with Crippen molar-refractivity contribution < 1.29 is 29.6 Å². The average molecular weight is 283 g/mol. The van der Waals surface area contributed by atoms with Crippen LogP contribution in [0, 0.1) is 0 Å². The summed E-state index contributed by atoms with van der Waals surface area (Å²) in [6.07, 6.45) is 0.707. The molecule has 1 aromatic rings. The van der Waals surface area contributed by atoms with Crippen LogP contribution in [0.25, 0.3) is 0 Å². The fourth-order valence-corrected chi connectivity index (χ4v) is 1.66. The third-order valence-electron chi connectivity index (χ3n) is 2.61. The number of phenols is 2. The number of aromatic hydroxyl groups is 2. The fourth-order valence-electron chi connectivity index (χ4n) is 1.66. The molecule has 0 saturated heterocycles. The zero-order valence-corrected chi connectivity index (χ0v) is 11.0.